The largest absolute Gasteiger partial charge is 0.480 e. The van der Waals surface area contributed by atoms with Gasteiger partial charge in [0, 0.05) is 12.5 Å². The first-order chi connectivity index (χ1) is 12.6. The molecule has 134 valence electrons. The van der Waals surface area contributed by atoms with Crippen LogP contribution in [0, 0.1) is 0 Å². The fraction of sp³-hybridized carbons (Fsp3) is 0.300. The molecule has 0 aromatic heterocycles. The van der Waals surface area contributed by atoms with Crippen LogP contribution in [0.5, 0.6) is 0 Å². The lowest BCUT2D eigenvalue weighted by Gasteiger charge is -2.43. The molecule has 1 heterocycles. The van der Waals surface area contributed by atoms with Crippen LogP contribution < -0.4 is 0 Å². The Morgan fingerprint density at radius 2 is 1.69 bits per heavy atom. The number of thioether (sulfide) groups is 1. The normalized spacial score (nSPS) is 20.9. The van der Waals surface area contributed by atoms with Crippen molar-refractivity contribution in [3.63, 3.8) is 0 Å². The van der Waals surface area contributed by atoms with E-state index in [1.54, 1.807) is 0 Å². The standard InChI is InChI=1S/C20H19NO4S/c1-26-17-10-21(18(17)19(22)23)20(24)25-11-16-14-8-4-2-6-12(14)13-7-3-5-9-15(13)16/h2-9,16-18H,10-11H2,1H3,(H,22,23)/t17?,18-/m0/s1. The van der Waals surface area contributed by atoms with E-state index in [4.69, 9.17) is 4.74 Å². The molecule has 1 fully saturated rings. The van der Waals surface area contributed by atoms with Crippen LogP contribution >= 0.6 is 11.8 Å². The number of benzene rings is 2. The molecule has 6 heteroatoms. The van der Waals surface area contributed by atoms with Crippen molar-refractivity contribution in [3.8, 4) is 11.1 Å². The summed E-state index contributed by atoms with van der Waals surface area (Å²) in [6, 6.07) is 15.4. The number of carbonyl (C=O) groups is 2. The Bertz CT molecular complexity index is 823. The molecule has 4 rings (SSSR count). The van der Waals surface area contributed by atoms with Gasteiger partial charge in [-0.25, -0.2) is 9.59 Å². The smallest absolute Gasteiger partial charge is 0.410 e. The Hall–Kier alpha value is -2.47. The molecule has 26 heavy (non-hydrogen) atoms. The van der Waals surface area contributed by atoms with Crippen LogP contribution in [0.25, 0.3) is 11.1 Å². The van der Waals surface area contributed by atoms with Gasteiger partial charge in [-0.2, -0.15) is 11.8 Å². The molecular formula is C20H19NO4S. The molecule has 2 atom stereocenters. The maximum atomic E-state index is 12.4. The van der Waals surface area contributed by atoms with Gasteiger partial charge in [0.05, 0.1) is 5.25 Å². The number of hydrogen-bond acceptors (Lipinski definition) is 4. The van der Waals surface area contributed by atoms with E-state index in [-0.39, 0.29) is 17.8 Å². The van der Waals surface area contributed by atoms with Crippen molar-refractivity contribution >= 4 is 23.8 Å². The average Bonchev–Trinajstić information content (AvgIpc) is 2.93. The topological polar surface area (TPSA) is 66.8 Å². The maximum Gasteiger partial charge on any atom is 0.410 e. The number of hydrogen-bond donors (Lipinski definition) is 1. The summed E-state index contributed by atoms with van der Waals surface area (Å²) in [7, 11) is 0. The van der Waals surface area contributed by atoms with Gasteiger partial charge in [-0.1, -0.05) is 48.5 Å². The third-order valence-corrected chi connectivity index (χ3v) is 6.20. The lowest BCUT2D eigenvalue weighted by Crippen LogP contribution is -2.64. The van der Waals surface area contributed by atoms with Crippen LogP contribution in [0.3, 0.4) is 0 Å². The molecule has 1 saturated heterocycles. The molecule has 0 bridgehead atoms. The summed E-state index contributed by atoms with van der Waals surface area (Å²) in [5.41, 5.74) is 4.61. The van der Waals surface area contributed by atoms with E-state index < -0.39 is 18.1 Å². The third kappa shape index (κ3) is 2.65. The summed E-state index contributed by atoms with van der Waals surface area (Å²) < 4.78 is 5.53. The number of carbonyl (C=O) groups excluding carboxylic acids is 1. The summed E-state index contributed by atoms with van der Waals surface area (Å²) in [6.07, 6.45) is 1.31. The number of carboxylic acid groups (broad SMARTS) is 1. The van der Waals surface area contributed by atoms with Gasteiger partial charge in [0.15, 0.2) is 0 Å². The van der Waals surface area contributed by atoms with Crippen LogP contribution in [-0.4, -0.2) is 52.8 Å². The van der Waals surface area contributed by atoms with Crippen LogP contribution in [0.4, 0.5) is 4.79 Å². The molecule has 0 saturated carbocycles. The highest BCUT2D eigenvalue weighted by atomic mass is 32.2. The Balaban J connectivity index is 1.50. The lowest BCUT2D eigenvalue weighted by molar-refractivity contribution is -0.146. The first-order valence-corrected chi connectivity index (χ1v) is 9.78. The van der Waals surface area contributed by atoms with E-state index >= 15 is 0 Å². The summed E-state index contributed by atoms with van der Waals surface area (Å²) in [5, 5.41) is 9.26. The number of amides is 1. The highest BCUT2D eigenvalue weighted by Gasteiger charge is 2.47. The minimum Gasteiger partial charge on any atom is -0.480 e. The zero-order chi connectivity index (χ0) is 18.3. The molecular weight excluding hydrogens is 350 g/mol. The molecule has 2 aliphatic rings. The zero-order valence-corrected chi connectivity index (χ0v) is 15.1. The predicted molar refractivity (Wildman–Crippen MR) is 101 cm³/mol. The molecule has 1 N–H and O–H groups in total. The third-order valence-electron chi connectivity index (χ3n) is 5.19. The Morgan fingerprint density at radius 3 is 2.23 bits per heavy atom. The van der Waals surface area contributed by atoms with Crippen LogP contribution in [0.2, 0.25) is 0 Å². The van der Waals surface area contributed by atoms with Crippen LogP contribution in [-0.2, 0) is 9.53 Å². The van der Waals surface area contributed by atoms with Crippen LogP contribution in [0.1, 0.15) is 17.0 Å². The minimum atomic E-state index is -0.982. The molecule has 1 unspecified atom stereocenters. The van der Waals surface area contributed by atoms with Gasteiger partial charge in [-0.05, 0) is 28.5 Å². The van der Waals surface area contributed by atoms with Crippen LogP contribution in [0.15, 0.2) is 48.5 Å². The van der Waals surface area contributed by atoms with Crippen molar-refractivity contribution in [3.05, 3.63) is 59.7 Å². The van der Waals surface area contributed by atoms with E-state index in [9.17, 15) is 14.7 Å². The van der Waals surface area contributed by atoms with Gasteiger partial charge >= 0.3 is 12.1 Å². The van der Waals surface area contributed by atoms with Crippen molar-refractivity contribution in [1.29, 1.82) is 0 Å². The molecule has 1 aliphatic heterocycles. The molecule has 0 spiro atoms. The number of carboxylic acids is 1. The Labute approximate surface area is 156 Å². The van der Waals surface area contributed by atoms with Crippen molar-refractivity contribution in [2.75, 3.05) is 19.4 Å². The first-order valence-electron chi connectivity index (χ1n) is 8.49. The summed E-state index contributed by atoms with van der Waals surface area (Å²) in [4.78, 5) is 25.1. The van der Waals surface area contributed by atoms with Crippen molar-refractivity contribution < 1.29 is 19.4 Å². The highest BCUT2D eigenvalue weighted by Crippen LogP contribution is 2.44. The fourth-order valence-electron chi connectivity index (χ4n) is 3.83. The Morgan fingerprint density at radius 1 is 1.12 bits per heavy atom. The monoisotopic (exact) mass is 369 g/mol. The van der Waals surface area contributed by atoms with Gasteiger partial charge in [-0.3, -0.25) is 4.90 Å². The van der Waals surface area contributed by atoms with E-state index in [1.807, 2.05) is 30.5 Å². The number of rotatable bonds is 4. The first kappa shape index (κ1) is 17.0. The minimum absolute atomic E-state index is 0.0211. The van der Waals surface area contributed by atoms with E-state index in [0.29, 0.717) is 6.54 Å². The fourth-order valence-corrected chi connectivity index (χ4v) is 4.66. The average molecular weight is 369 g/mol. The second kappa shape index (κ2) is 6.68. The lowest BCUT2D eigenvalue weighted by atomic mass is 9.98. The van der Waals surface area contributed by atoms with Crippen molar-refractivity contribution in [1.82, 2.24) is 4.90 Å². The van der Waals surface area contributed by atoms with E-state index in [0.717, 1.165) is 11.1 Å². The SMILES string of the molecule is CSC1CN(C(=O)OCC2c3ccccc3-c3ccccc32)[C@@H]1C(=O)O. The number of likely N-dealkylation sites (tertiary alicyclic amines) is 1. The zero-order valence-electron chi connectivity index (χ0n) is 14.3. The molecule has 5 nitrogen and oxygen atoms in total. The molecule has 2 aromatic carbocycles. The number of fused-ring (bicyclic) bond motifs is 3. The van der Waals surface area contributed by atoms with E-state index in [2.05, 4.69) is 24.3 Å². The number of nitrogens with zero attached hydrogens (tertiary/aromatic N) is 1. The molecule has 0 radical (unpaired) electrons. The van der Waals surface area contributed by atoms with Crippen molar-refractivity contribution in [2.24, 2.45) is 0 Å². The second-order valence-corrected chi connectivity index (χ2v) is 7.59. The molecule has 2 aromatic rings. The Kier molecular flexibility index (Phi) is 4.36. The quantitative estimate of drug-likeness (QED) is 0.894. The van der Waals surface area contributed by atoms with E-state index in [1.165, 1.54) is 27.8 Å². The summed E-state index contributed by atoms with van der Waals surface area (Å²) >= 11 is 1.46. The van der Waals surface area contributed by atoms with Gasteiger partial charge in [0.2, 0.25) is 0 Å². The highest BCUT2D eigenvalue weighted by molar-refractivity contribution is 7.99. The second-order valence-electron chi connectivity index (χ2n) is 6.51. The molecule has 1 amide bonds. The van der Waals surface area contributed by atoms with Gasteiger partial charge in [0.25, 0.3) is 0 Å². The van der Waals surface area contributed by atoms with Crippen molar-refractivity contribution in [2.45, 2.75) is 17.2 Å². The summed E-state index contributed by atoms with van der Waals surface area (Å²) in [5.74, 6) is -1.00. The molecule has 1 aliphatic carbocycles. The van der Waals surface area contributed by atoms with Gasteiger partial charge < -0.3 is 9.84 Å². The number of aliphatic carboxylic acids is 1. The maximum absolute atomic E-state index is 12.4. The van der Waals surface area contributed by atoms with Gasteiger partial charge in [0.1, 0.15) is 12.6 Å². The predicted octanol–water partition coefficient (Wildman–Crippen LogP) is 3.44. The number of ether oxygens (including phenoxy) is 1. The summed E-state index contributed by atoms with van der Waals surface area (Å²) in [6.45, 7) is 0.619. The van der Waals surface area contributed by atoms with Gasteiger partial charge in [-0.15, -0.1) is 0 Å².